The first kappa shape index (κ1) is 23.0. The SMILES string of the molecule is CCOC(=O)C(=Cc1ccc(OCCc2nc(-c3ccccc3)oc2C)cc1)c1cccnc1. The second-order valence-electron chi connectivity index (χ2n) is 7.58. The van der Waals surface area contributed by atoms with Crippen LogP contribution in [0.5, 0.6) is 5.75 Å². The predicted molar refractivity (Wildman–Crippen MR) is 131 cm³/mol. The number of oxazole rings is 1. The topological polar surface area (TPSA) is 74.5 Å². The lowest BCUT2D eigenvalue weighted by Gasteiger charge is -2.08. The molecule has 0 saturated carbocycles. The fraction of sp³-hybridized carbons (Fsp3) is 0.179. The van der Waals surface area contributed by atoms with Crippen LogP contribution in [0.15, 0.2) is 83.5 Å². The number of nitrogens with zero attached hydrogens (tertiary/aromatic N) is 2. The van der Waals surface area contributed by atoms with E-state index in [1.165, 1.54) is 0 Å². The Morgan fingerprint density at radius 1 is 1.03 bits per heavy atom. The monoisotopic (exact) mass is 454 g/mol. The maximum atomic E-state index is 12.5. The maximum absolute atomic E-state index is 12.5. The van der Waals surface area contributed by atoms with E-state index in [4.69, 9.17) is 13.9 Å². The number of aromatic nitrogens is 2. The van der Waals surface area contributed by atoms with Crippen LogP contribution in [-0.4, -0.2) is 29.2 Å². The highest BCUT2D eigenvalue weighted by Crippen LogP contribution is 2.23. The smallest absolute Gasteiger partial charge is 0.338 e. The van der Waals surface area contributed by atoms with Gasteiger partial charge in [0.05, 0.1) is 24.5 Å². The number of carbonyl (C=O) groups excluding carboxylic acids is 1. The molecule has 0 radical (unpaired) electrons. The number of rotatable bonds is 9. The highest BCUT2D eigenvalue weighted by atomic mass is 16.5. The number of hydrogen-bond acceptors (Lipinski definition) is 6. The molecule has 4 aromatic rings. The van der Waals surface area contributed by atoms with Crippen molar-refractivity contribution < 1.29 is 18.7 Å². The zero-order valence-electron chi connectivity index (χ0n) is 19.2. The molecule has 2 heterocycles. The van der Waals surface area contributed by atoms with Crippen molar-refractivity contribution in [1.29, 1.82) is 0 Å². The lowest BCUT2D eigenvalue weighted by molar-refractivity contribution is -0.136. The van der Waals surface area contributed by atoms with Gasteiger partial charge in [0.2, 0.25) is 5.89 Å². The lowest BCUT2D eigenvalue weighted by Crippen LogP contribution is -2.07. The largest absolute Gasteiger partial charge is 0.493 e. The number of ether oxygens (including phenoxy) is 2. The first-order valence-electron chi connectivity index (χ1n) is 11.2. The second kappa shape index (κ2) is 11.1. The Labute approximate surface area is 198 Å². The molecule has 0 aliphatic carbocycles. The fourth-order valence-electron chi connectivity index (χ4n) is 3.45. The normalized spacial score (nSPS) is 11.3. The molecule has 2 aromatic carbocycles. The number of aryl methyl sites for hydroxylation is 1. The Kier molecular flexibility index (Phi) is 7.50. The number of benzene rings is 2. The Bertz CT molecular complexity index is 1250. The van der Waals surface area contributed by atoms with E-state index in [1.807, 2.05) is 67.6 Å². The van der Waals surface area contributed by atoms with Crippen LogP contribution in [0.25, 0.3) is 23.1 Å². The zero-order chi connectivity index (χ0) is 23.8. The van der Waals surface area contributed by atoms with Crippen LogP contribution in [0.2, 0.25) is 0 Å². The number of pyridine rings is 1. The van der Waals surface area contributed by atoms with Gasteiger partial charge in [-0.25, -0.2) is 9.78 Å². The molecule has 0 bridgehead atoms. The average Bonchev–Trinajstić information content (AvgIpc) is 3.25. The molecule has 0 aliphatic rings. The van der Waals surface area contributed by atoms with Crippen LogP contribution in [0.1, 0.15) is 29.5 Å². The van der Waals surface area contributed by atoms with Gasteiger partial charge in [-0.15, -0.1) is 0 Å². The first-order valence-corrected chi connectivity index (χ1v) is 11.2. The minimum atomic E-state index is -0.381. The molecule has 6 nitrogen and oxygen atoms in total. The summed E-state index contributed by atoms with van der Waals surface area (Å²) in [4.78, 5) is 21.2. The molecule has 2 aromatic heterocycles. The van der Waals surface area contributed by atoms with Gasteiger partial charge in [-0.1, -0.05) is 36.4 Å². The maximum Gasteiger partial charge on any atom is 0.338 e. The predicted octanol–water partition coefficient (Wildman–Crippen LogP) is 5.77. The summed E-state index contributed by atoms with van der Waals surface area (Å²) < 4.78 is 16.9. The Morgan fingerprint density at radius 2 is 1.82 bits per heavy atom. The zero-order valence-corrected chi connectivity index (χ0v) is 19.2. The summed E-state index contributed by atoms with van der Waals surface area (Å²) in [5.41, 5.74) is 3.86. The van der Waals surface area contributed by atoms with Crippen molar-refractivity contribution in [3.8, 4) is 17.2 Å². The third-order valence-corrected chi connectivity index (χ3v) is 5.18. The minimum absolute atomic E-state index is 0.307. The summed E-state index contributed by atoms with van der Waals surface area (Å²) in [6, 6.07) is 21.0. The van der Waals surface area contributed by atoms with Gasteiger partial charge < -0.3 is 13.9 Å². The molecule has 0 fully saturated rings. The quantitative estimate of drug-likeness (QED) is 0.236. The highest BCUT2D eigenvalue weighted by molar-refractivity contribution is 6.21. The Hall–Kier alpha value is -4.19. The third-order valence-electron chi connectivity index (χ3n) is 5.18. The highest BCUT2D eigenvalue weighted by Gasteiger charge is 2.14. The van der Waals surface area contributed by atoms with E-state index in [0.29, 0.717) is 36.7 Å². The first-order chi connectivity index (χ1) is 16.6. The van der Waals surface area contributed by atoms with E-state index in [2.05, 4.69) is 9.97 Å². The molecule has 0 saturated heterocycles. The van der Waals surface area contributed by atoms with E-state index in [0.717, 1.165) is 28.3 Å². The van der Waals surface area contributed by atoms with Crippen molar-refractivity contribution in [2.75, 3.05) is 13.2 Å². The van der Waals surface area contributed by atoms with Crippen LogP contribution in [0, 0.1) is 6.92 Å². The number of hydrogen-bond donors (Lipinski definition) is 0. The van der Waals surface area contributed by atoms with Crippen LogP contribution < -0.4 is 4.74 Å². The van der Waals surface area contributed by atoms with Gasteiger partial charge in [-0.05, 0) is 55.8 Å². The Morgan fingerprint density at radius 3 is 2.53 bits per heavy atom. The fourth-order valence-corrected chi connectivity index (χ4v) is 3.45. The van der Waals surface area contributed by atoms with Crippen molar-refractivity contribution in [3.63, 3.8) is 0 Å². The molecule has 0 atom stereocenters. The summed E-state index contributed by atoms with van der Waals surface area (Å²) in [7, 11) is 0. The molecule has 0 aliphatic heterocycles. The van der Waals surface area contributed by atoms with Crippen LogP contribution in [0.4, 0.5) is 0 Å². The molecule has 0 amide bonds. The van der Waals surface area contributed by atoms with Gasteiger partial charge in [0.15, 0.2) is 0 Å². The molecular formula is C28H26N2O4. The van der Waals surface area contributed by atoms with Gasteiger partial charge in [0.1, 0.15) is 11.5 Å². The van der Waals surface area contributed by atoms with E-state index < -0.39 is 0 Å². The molecule has 0 unspecified atom stereocenters. The molecule has 6 heteroatoms. The van der Waals surface area contributed by atoms with Gasteiger partial charge in [-0.2, -0.15) is 0 Å². The van der Waals surface area contributed by atoms with Crippen LogP contribution in [0.3, 0.4) is 0 Å². The van der Waals surface area contributed by atoms with Crippen molar-refractivity contribution in [2.45, 2.75) is 20.3 Å². The van der Waals surface area contributed by atoms with E-state index in [1.54, 1.807) is 31.5 Å². The van der Waals surface area contributed by atoms with Crippen LogP contribution in [-0.2, 0) is 16.0 Å². The minimum Gasteiger partial charge on any atom is -0.493 e. The van der Waals surface area contributed by atoms with Crippen molar-refractivity contribution in [1.82, 2.24) is 9.97 Å². The van der Waals surface area contributed by atoms with Crippen molar-refractivity contribution >= 4 is 17.6 Å². The standard InChI is InChI=1S/C28H26N2O4/c1-3-32-28(31)25(23-10-7-16-29-19-23)18-21-11-13-24(14-12-21)33-17-15-26-20(2)34-27(30-26)22-8-5-4-6-9-22/h4-14,16,18-19H,3,15,17H2,1-2H3. The second-order valence-corrected chi connectivity index (χ2v) is 7.58. The molecule has 0 spiro atoms. The average molecular weight is 455 g/mol. The van der Waals surface area contributed by atoms with Crippen molar-refractivity contribution in [3.05, 3.63) is 102 Å². The number of carbonyl (C=O) groups is 1. The van der Waals surface area contributed by atoms with E-state index >= 15 is 0 Å². The van der Waals surface area contributed by atoms with Gasteiger partial charge >= 0.3 is 5.97 Å². The van der Waals surface area contributed by atoms with Gasteiger partial charge in [-0.3, -0.25) is 4.98 Å². The summed E-state index contributed by atoms with van der Waals surface area (Å²) in [6.45, 7) is 4.48. The third kappa shape index (κ3) is 5.78. The summed E-state index contributed by atoms with van der Waals surface area (Å²) in [5.74, 6) is 1.77. The number of esters is 1. The molecule has 172 valence electrons. The Balaban J connectivity index is 1.40. The van der Waals surface area contributed by atoms with E-state index in [-0.39, 0.29) is 5.97 Å². The molecule has 4 rings (SSSR count). The van der Waals surface area contributed by atoms with E-state index in [9.17, 15) is 4.79 Å². The lowest BCUT2D eigenvalue weighted by atomic mass is 10.0. The van der Waals surface area contributed by atoms with Gasteiger partial charge in [0.25, 0.3) is 0 Å². The van der Waals surface area contributed by atoms with Crippen molar-refractivity contribution in [2.24, 2.45) is 0 Å². The molecule has 0 N–H and O–H groups in total. The molecule has 34 heavy (non-hydrogen) atoms. The summed E-state index contributed by atoms with van der Waals surface area (Å²) in [6.07, 6.45) is 5.75. The molecular weight excluding hydrogens is 428 g/mol. The van der Waals surface area contributed by atoms with Gasteiger partial charge in [0, 0.05) is 29.9 Å². The van der Waals surface area contributed by atoms with Crippen LogP contribution >= 0.6 is 0 Å². The summed E-state index contributed by atoms with van der Waals surface area (Å²) >= 11 is 0. The summed E-state index contributed by atoms with van der Waals surface area (Å²) in [5, 5.41) is 0.